The molecular weight excluding hydrogens is 376 g/mol. The molecule has 0 fully saturated rings. The number of rotatable bonds is 5. The molecule has 6 heteroatoms. The number of hydrogen-bond donors (Lipinski definition) is 1. The Morgan fingerprint density at radius 3 is 2.43 bits per heavy atom. The summed E-state index contributed by atoms with van der Waals surface area (Å²) in [6.07, 6.45) is 0.224. The molecule has 0 atom stereocenters. The van der Waals surface area contributed by atoms with E-state index >= 15 is 0 Å². The summed E-state index contributed by atoms with van der Waals surface area (Å²) in [7, 11) is 1.65. The third-order valence-corrected chi connectivity index (χ3v) is 5.22. The maximum Gasteiger partial charge on any atom is 0.229 e. The van der Waals surface area contributed by atoms with E-state index in [-0.39, 0.29) is 24.2 Å². The lowest BCUT2D eigenvalue weighted by Gasteiger charge is -2.29. The predicted octanol–water partition coefficient (Wildman–Crippen LogP) is 4.67. The molecule has 1 heterocycles. The number of benzene rings is 2. The van der Waals surface area contributed by atoms with Crippen LogP contribution in [0.1, 0.15) is 43.9 Å². The average molecular weight is 405 g/mol. The van der Waals surface area contributed by atoms with E-state index in [2.05, 4.69) is 21.6 Å². The van der Waals surface area contributed by atoms with Gasteiger partial charge in [0.25, 0.3) is 0 Å². The fraction of sp³-hybridized carbons (Fsp3) is 0.333. The number of para-hydroxylation sites is 1. The van der Waals surface area contributed by atoms with Crippen molar-refractivity contribution >= 4 is 28.8 Å². The van der Waals surface area contributed by atoms with Crippen molar-refractivity contribution in [3.63, 3.8) is 0 Å². The van der Waals surface area contributed by atoms with E-state index in [0.717, 1.165) is 33.6 Å². The zero-order valence-electron chi connectivity index (χ0n) is 18.0. The maximum atomic E-state index is 13.2. The van der Waals surface area contributed by atoms with Crippen LogP contribution in [0.5, 0.6) is 0 Å². The first-order valence-electron chi connectivity index (χ1n) is 10.2. The number of carbonyl (C=O) groups is 2. The monoisotopic (exact) mass is 404 g/mol. The number of nitrogens with one attached hydrogen (secondary N) is 1. The first-order valence-corrected chi connectivity index (χ1v) is 10.2. The molecule has 0 radical (unpaired) electrons. The van der Waals surface area contributed by atoms with Gasteiger partial charge in [0.2, 0.25) is 11.8 Å². The summed E-state index contributed by atoms with van der Waals surface area (Å²) in [5.41, 5.74) is 5.56. The van der Waals surface area contributed by atoms with Gasteiger partial charge in [-0.15, -0.1) is 0 Å². The van der Waals surface area contributed by atoms with Gasteiger partial charge in [-0.2, -0.15) is 10.2 Å². The summed E-state index contributed by atoms with van der Waals surface area (Å²) in [5, 5.41) is 11.3. The summed E-state index contributed by atoms with van der Waals surface area (Å²) in [6, 6.07) is 15.8. The molecule has 2 aromatic carbocycles. The molecule has 1 aliphatic heterocycles. The minimum absolute atomic E-state index is 0.0475. The zero-order valence-corrected chi connectivity index (χ0v) is 18.0. The van der Waals surface area contributed by atoms with Crippen LogP contribution < -0.4 is 10.2 Å². The lowest BCUT2D eigenvalue weighted by molar-refractivity contribution is -0.124. The second kappa shape index (κ2) is 9.48. The molecule has 1 aliphatic rings. The number of anilines is 1. The molecule has 30 heavy (non-hydrogen) atoms. The van der Waals surface area contributed by atoms with Crippen molar-refractivity contribution in [2.45, 2.75) is 33.7 Å². The SMILES string of the molecule is C/N=N\C1=C(/C)c2ccccc2CN(C(=O)CCNC(=O)C(C)C)c2ccccc21. The van der Waals surface area contributed by atoms with Crippen LogP contribution >= 0.6 is 0 Å². The van der Waals surface area contributed by atoms with Gasteiger partial charge < -0.3 is 10.2 Å². The van der Waals surface area contributed by atoms with Crippen LogP contribution in [0, 0.1) is 5.92 Å². The Kier molecular flexibility index (Phi) is 6.77. The molecule has 2 amide bonds. The van der Waals surface area contributed by atoms with Crippen molar-refractivity contribution in [1.82, 2.24) is 5.32 Å². The average Bonchev–Trinajstić information content (AvgIpc) is 2.74. The number of azo groups is 1. The minimum atomic E-state index is -0.107. The van der Waals surface area contributed by atoms with E-state index in [1.54, 1.807) is 11.9 Å². The van der Waals surface area contributed by atoms with Gasteiger partial charge in [0.15, 0.2) is 0 Å². The van der Waals surface area contributed by atoms with Gasteiger partial charge in [-0.25, -0.2) is 0 Å². The fourth-order valence-electron chi connectivity index (χ4n) is 3.60. The Hall–Kier alpha value is -3.28. The van der Waals surface area contributed by atoms with Gasteiger partial charge in [-0.1, -0.05) is 56.3 Å². The molecule has 6 nitrogen and oxygen atoms in total. The molecule has 156 valence electrons. The Morgan fingerprint density at radius 1 is 1.07 bits per heavy atom. The quantitative estimate of drug-likeness (QED) is 0.736. The van der Waals surface area contributed by atoms with Crippen LogP contribution in [0.2, 0.25) is 0 Å². The second-order valence-electron chi connectivity index (χ2n) is 7.62. The summed E-state index contributed by atoms with van der Waals surface area (Å²) in [4.78, 5) is 26.9. The Labute approximate surface area is 177 Å². The highest BCUT2D eigenvalue weighted by Crippen LogP contribution is 2.38. The summed E-state index contributed by atoms with van der Waals surface area (Å²) < 4.78 is 0. The number of hydrogen-bond acceptors (Lipinski definition) is 4. The highest BCUT2D eigenvalue weighted by atomic mass is 16.2. The number of allylic oxidation sites excluding steroid dienone is 1. The molecule has 0 aliphatic carbocycles. The second-order valence-corrected chi connectivity index (χ2v) is 7.62. The van der Waals surface area contributed by atoms with E-state index in [9.17, 15) is 9.59 Å². The summed E-state index contributed by atoms with van der Waals surface area (Å²) >= 11 is 0. The Balaban J connectivity index is 2.03. The first kappa shape index (κ1) is 21.4. The first-order chi connectivity index (χ1) is 14.4. The van der Waals surface area contributed by atoms with Crippen molar-refractivity contribution in [2.24, 2.45) is 16.1 Å². The molecule has 0 saturated heterocycles. The minimum Gasteiger partial charge on any atom is -0.355 e. The van der Waals surface area contributed by atoms with Gasteiger partial charge in [0, 0.05) is 31.5 Å². The number of nitrogens with zero attached hydrogens (tertiary/aromatic N) is 3. The van der Waals surface area contributed by atoms with Crippen LogP contribution in [0.3, 0.4) is 0 Å². The molecule has 0 aromatic heterocycles. The molecular formula is C24H28N4O2. The molecule has 3 rings (SSSR count). The highest BCUT2D eigenvalue weighted by molar-refractivity contribution is 6.01. The number of carbonyl (C=O) groups excluding carboxylic acids is 2. The maximum absolute atomic E-state index is 13.2. The largest absolute Gasteiger partial charge is 0.355 e. The van der Waals surface area contributed by atoms with E-state index in [0.29, 0.717) is 13.1 Å². The van der Waals surface area contributed by atoms with Crippen LogP contribution in [0.4, 0.5) is 5.69 Å². The van der Waals surface area contributed by atoms with Crippen LogP contribution in [0.25, 0.3) is 11.3 Å². The van der Waals surface area contributed by atoms with E-state index < -0.39 is 0 Å². The Morgan fingerprint density at radius 2 is 1.73 bits per heavy atom. The van der Waals surface area contributed by atoms with Crippen LogP contribution in [0.15, 0.2) is 58.8 Å². The van der Waals surface area contributed by atoms with Crippen LogP contribution in [-0.4, -0.2) is 25.4 Å². The lowest BCUT2D eigenvalue weighted by Crippen LogP contribution is -2.36. The summed E-state index contributed by atoms with van der Waals surface area (Å²) in [6.45, 7) is 6.48. The van der Waals surface area contributed by atoms with Gasteiger partial charge in [0.1, 0.15) is 0 Å². The lowest BCUT2D eigenvalue weighted by atomic mass is 9.93. The van der Waals surface area contributed by atoms with Crippen molar-refractivity contribution in [2.75, 3.05) is 18.5 Å². The van der Waals surface area contributed by atoms with Crippen molar-refractivity contribution in [3.05, 3.63) is 65.2 Å². The summed E-state index contributed by atoms with van der Waals surface area (Å²) in [5.74, 6) is -0.205. The molecule has 0 spiro atoms. The molecule has 2 aromatic rings. The predicted molar refractivity (Wildman–Crippen MR) is 120 cm³/mol. The standard InChI is InChI=1S/C24H28N4O2/c1-16(2)24(30)26-14-13-22(29)28-15-18-9-5-6-10-19(18)17(3)23(27-25-4)20-11-7-8-12-21(20)28/h5-12,16H,13-15H2,1-4H3,(H,26,30)/b23-17+,27-25-. The zero-order chi connectivity index (χ0) is 21.7. The number of amides is 2. The van der Waals surface area contributed by atoms with E-state index in [4.69, 9.17) is 0 Å². The third-order valence-electron chi connectivity index (χ3n) is 5.22. The topological polar surface area (TPSA) is 74.1 Å². The number of fused-ring (bicyclic) bond motifs is 2. The van der Waals surface area contributed by atoms with Gasteiger partial charge in [-0.05, 0) is 29.7 Å². The molecule has 1 N–H and O–H groups in total. The van der Waals surface area contributed by atoms with Gasteiger partial charge in [0.05, 0.1) is 17.9 Å². The Bertz CT molecular complexity index is 1010. The van der Waals surface area contributed by atoms with Crippen molar-refractivity contribution in [1.29, 1.82) is 0 Å². The van der Waals surface area contributed by atoms with E-state index in [1.807, 2.05) is 63.2 Å². The van der Waals surface area contributed by atoms with Gasteiger partial charge in [-0.3, -0.25) is 9.59 Å². The molecule has 0 unspecified atom stereocenters. The van der Waals surface area contributed by atoms with Crippen LogP contribution in [-0.2, 0) is 16.1 Å². The smallest absolute Gasteiger partial charge is 0.229 e. The normalized spacial score (nSPS) is 16.1. The van der Waals surface area contributed by atoms with Crippen molar-refractivity contribution in [3.8, 4) is 0 Å². The van der Waals surface area contributed by atoms with Gasteiger partial charge >= 0.3 is 0 Å². The van der Waals surface area contributed by atoms with E-state index in [1.165, 1.54) is 0 Å². The fourth-order valence-corrected chi connectivity index (χ4v) is 3.60. The molecule has 0 saturated carbocycles. The highest BCUT2D eigenvalue weighted by Gasteiger charge is 2.25. The molecule has 0 bridgehead atoms. The third kappa shape index (κ3) is 4.48. The van der Waals surface area contributed by atoms with Crippen molar-refractivity contribution < 1.29 is 9.59 Å².